The predicted molar refractivity (Wildman–Crippen MR) is 74.4 cm³/mol. The molecule has 0 aliphatic heterocycles. The van der Waals surface area contributed by atoms with E-state index in [4.69, 9.17) is 16.3 Å². The molecule has 2 rings (SSSR count). The molecule has 0 aliphatic carbocycles. The number of thiazole rings is 1. The lowest BCUT2D eigenvalue weighted by Gasteiger charge is -2.18. The summed E-state index contributed by atoms with van der Waals surface area (Å²) in [5.41, 5.74) is 1.04. The van der Waals surface area contributed by atoms with Gasteiger partial charge in [0.15, 0.2) is 5.13 Å². The first-order valence-electron chi connectivity index (χ1n) is 5.40. The van der Waals surface area contributed by atoms with Gasteiger partial charge in [0, 0.05) is 20.7 Å². The summed E-state index contributed by atoms with van der Waals surface area (Å²) in [7, 11) is 3.66. The highest BCUT2D eigenvalue weighted by Crippen LogP contribution is 2.27. The molecule has 0 aliphatic rings. The Morgan fingerprint density at radius 2 is 2.24 bits per heavy atom. The molecule has 0 spiro atoms. The molecule has 0 saturated heterocycles. The summed E-state index contributed by atoms with van der Waals surface area (Å²) in [6, 6.07) is 8.13. The van der Waals surface area contributed by atoms with Crippen molar-refractivity contribution in [3.05, 3.63) is 24.3 Å². The van der Waals surface area contributed by atoms with Gasteiger partial charge >= 0.3 is 0 Å². The van der Waals surface area contributed by atoms with Crippen molar-refractivity contribution >= 4 is 38.3 Å². The van der Waals surface area contributed by atoms with Gasteiger partial charge in [-0.05, 0) is 12.1 Å². The number of nitrogens with zero attached hydrogens (tertiary/aromatic N) is 2. The highest BCUT2D eigenvalue weighted by molar-refractivity contribution is 7.22. The molecule has 0 bridgehead atoms. The summed E-state index contributed by atoms with van der Waals surface area (Å²) in [5, 5.41) is 0.977. The zero-order valence-electron chi connectivity index (χ0n) is 9.89. The fraction of sp³-hybridized carbons (Fsp3) is 0.417. The monoisotopic (exact) mass is 270 g/mol. The first kappa shape index (κ1) is 12.6. The number of ether oxygens (including phenoxy) is 1. The zero-order valence-corrected chi connectivity index (χ0v) is 11.5. The number of hydrogen-bond donors (Lipinski definition) is 0. The topological polar surface area (TPSA) is 25.4 Å². The van der Waals surface area contributed by atoms with Crippen LogP contribution in [0.5, 0.6) is 0 Å². The van der Waals surface area contributed by atoms with E-state index < -0.39 is 0 Å². The molecule has 92 valence electrons. The molecule has 2 aromatic rings. The van der Waals surface area contributed by atoms with Gasteiger partial charge in [0.25, 0.3) is 0 Å². The van der Waals surface area contributed by atoms with Crippen LogP contribution in [0.1, 0.15) is 0 Å². The Morgan fingerprint density at radius 1 is 1.47 bits per heavy atom. The van der Waals surface area contributed by atoms with E-state index in [0.29, 0.717) is 6.61 Å². The van der Waals surface area contributed by atoms with Crippen LogP contribution in [0.3, 0.4) is 0 Å². The summed E-state index contributed by atoms with van der Waals surface area (Å²) in [5.74, 6) is 0. The molecule has 3 nitrogen and oxygen atoms in total. The van der Waals surface area contributed by atoms with Crippen LogP contribution in [0.2, 0.25) is 0 Å². The Hall–Kier alpha value is -0.840. The lowest BCUT2D eigenvalue weighted by molar-refractivity contribution is 0.199. The van der Waals surface area contributed by atoms with E-state index >= 15 is 0 Å². The van der Waals surface area contributed by atoms with Crippen molar-refractivity contribution < 1.29 is 4.74 Å². The number of rotatable bonds is 5. The second kappa shape index (κ2) is 5.67. The molecule has 0 N–H and O–H groups in total. The zero-order chi connectivity index (χ0) is 12.3. The molecule has 5 heteroatoms. The van der Waals surface area contributed by atoms with Crippen LogP contribution in [0.4, 0.5) is 5.13 Å². The molecule has 1 aromatic carbocycles. The molecule has 0 fully saturated rings. The quantitative estimate of drug-likeness (QED) is 0.781. The van der Waals surface area contributed by atoms with Gasteiger partial charge in [-0.3, -0.25) is 0 Å². The molecule has 1 aromatic heterocycles. The van der Waals surface area contributed by atoms with Gasteiger partial charge < -0.3 is 9.64 Å². The van der Waals surface area contributed by atoms with Crippen LogP contribution in [0.15, 0.2) is 24.3 Å². The molecule has 0 amide bonds. The van der Waals surface area contributed by atoms with Crippen molar-refractivity contribution in [2.75, 3.05) is 32.2 Å². The highest BCUT2D eigenvalue weighted by atomic mass is 35.5. The van der Waals surface area contributed by atoms with E-state index in [2.05, 4.69) is 16.0 Å². The molecule has 1 heterocycles. The van der Waals surface area contributed by atoms with Crippen LogP contribution >= 0.6 is 22.9 Å². The third-order valence-electron chi connectivity index (χ3n) is 2.43. The number of fused-ring (bicyclic) bond motifs is 1. The van der Waals surface area contributed by atoms with Gasteiger partial charge in [-0.15, -0.1) is 11.6 Å². The maximum absolute atomic E-state index is 6.13. The van der Waals surface area contributed by atoms with E-state index in [-0.39, 0.29) is 5.38 Å². The Morgan fingerprint density at radius 3 is 2.94 bits per heavy atom. The second-order valence-electron chi connectivity index (χ2n) is 3.90. The number of para-hydroxylation sites is 1. The van der Waals surface area contributed by atoms with Crippen molar-refractivity contribution in [3.8, 4) is 0 Å². The summed E-state index contributed by atoms with van der Waals surface area (Å²) in [4.78, 5) is 6.64. The van der Waals surface area contributed by atoms with Crippen molar-refractivity contribution in [3.63, 3.8) is 0 Å². The third-order valence-corrected chi connectivity index (χ3v) is 3.84. The first-order valence-corrected chi connectivity index (χ1v) is 6.65. The van der Waals surface area contributed by atoms with Crippen LogP contribution in [0.25, 0.3) is 10.2 Å². The molecular formula is C12H15ClN2OS. The molecular weight excluding hydrogens is 256 g/mol. The minimum Gasteiger partial charge on any atom is -0.383 e. The number of aromatic nitrogens is 1. The summed E-state index contributed by atoms with van der Waals surface area (Å²) in [6.45, 7) is 1.28. The van der Waals surface area contributed by atoms with Crippen molar-refractivity contribution in [2.24, 2.45) is 0 Å². The van der Waals surface area contributed by atoms with Crippen molar-refractivity contribution in [2.45, 2.75) is 5.38 Å². The van der Waals surface area contributed by atoms with Crippen LogP contribution in [0, 0.1) is 0 Å². The lowest BCUT2D eigenvalue weighted by Crippen LogP contribution is -2.28. The average molecular weight is 271 g/mol. The van der Waals surface area contributed by atoms with Gasteiger partial charge in [-0.25, -0.2) is 4.98 Å². The minimum absolute atomic E-state index is 0.0167. The van der Waals surface area contributed by atoms with Crippen LogP contribution in [-0.4, -0.2) is 37.7 Å². The van der Waals surface area contributed by atoms with E-state index in [0.717, 1.165) is 17.2 Å². The SMILES string of the molecule is COCC(Cl)CN(C)c1nc2ccccc2s1. The number of anilines is 1. The predicted octanol–water partition coefficient (Wildman–Crippen LogP) is 2.99. The molecule has 0 saturated carbocycles. The number of benzene rings is 1. The van der Waals surface area contributed by atoms with E-state index in [9.17, 15) is 0 Å². The summed E-state index contributed by atoms with van der Waals surface area (Å²) in [6.07, 6.45) is 0. The summed E-state index contributed by atoms with van der Waals surface area (Å²) >= 11 is 7.82. The first-order chi connectivity index (χ1) is 8.20. The fourth-order valence-corrected chi connectivity index (χ4v) is 2.90. The van der Waals surface area contributed by atoms with E-state index in [1.54, 1.807) is 18.4 Å². The highest BCUT2D eigenvalue weighted by Gasteiger charge is 2.12. The van der Waals surface area contributed by atoms with Gasteiger partial charge in [-0.2, -0.15) is 0 Å². The third kappa shape index (κ3) is 3.09. The maximum Gasteiger partial charge on any atom is 0.186 e. The van der Waals surface area contributed by atoms with Crippen LogP contribution < -0.4 is 4.90 Å². The lowest BCUT2D eigenvalue weighted by atomic mass is 10.3. The standard InChI is InChI=1S/C12H15ClN2OS/c1-15(7-9(13)8-16-2)12-14-10-5-3-4-6-11(10)17-12/h3-6,9H,7-8H2,1-2H3. The van der Waals surface area contributed by atoms with E-state index in [1.165, 1.54) is 4.70 Å². The van der Waals surface area contributed by atoms with Gasteiger partial charge in [0.2, 0.25) is 0 Å². The minimum atomic E-state index is -0.0167. The number of halogens is 1. The Bertz CT molecular complexity index is 455. The normalized spacial score (nSPS) is 12.9. The number of hydrogen-bond acceptors (Lipinski definition) is 4. The number of methoxy groups -OCH3 is 1. The molecule has 1 unspecified atom stereocenters. The average Bonchev–Trinajstić information content (AvgIpc) is 2.72. The van der Waals surface area contributed by atoms with Crippen molar-refractivity contribution in [1.29, 1.82) is 0 Å². The van der Waals surface area contributed by atoms with Gasteiger partial charge in [0.05, 0.1) is 22.2 Å². The van der Waals surface area contributed by atoms with E-state index in [1.807, 2.05) is 25.2 Å². The Labute approximate surface area is 110 Å². The van der Waals surface area contributed by atoms with Gasteiger partial charge in [-0.1, -0.05) is 23.5 Å². The summed E-state index contributed by atoms with van der Waals surface area (Å²) < 4.78 is 6.22. The fourth-order valence-electron chi connectivity index (χ4n) is 1.63. The van der Waals surface area contributed by atoms with Crippen molar-refractivity contribution in [1.82, 2.24) is 4.98 Å². The van der Waals surface area contributed by atoms with Crippen LogP contribution in [-0.2, 0) is 4.74 Å². The molecule has 1 atom stereocenters. The molecule has 0 radical (unpaired) electrons. The largest absolute Gasteiger partial charge is 0.383 e. The Balaban J connectivity index is 2.10. The maximum atomic E-state index is 6.13. The Kier molecular flexibility index (Phi) is 4.20. The smallest absolute Gasteiger partial charge is 0.186 e. The second-order valence-corrected chi connectivity index (χ2v) is 5.52. The van der Waals surface area contributed by atoms with Gasteiger partial charge in [0.1, 0.15) is 0 Å². The molecule has 17 heavy (non-hydrogen) atoms. The number of alkyl halides is 1.